The van der Waals surface area contributed by atoms with Crippen molar-refractivity contribution in [3.63, 3.8) is 0 Å². The molecule has 16 heavy (non-hydrogen) atoms. The summed E-state index contributed by atoms with van der Waals surface area (Å²) in [5, 5.41) is 0. The van der Waals surface area contributed by atoms with E-state index >= 15 is 0 Å². The monoisotopic (exact) mass is 258 g/mol. The Morgan fingerprint density at radius 3 is 2.44 bits per heavy atom. The van der Waals surface area contributed by atoms with Crippen molar-refractivity contribution in [3.8, 4) is 5.75 Å². The van der Waals surface area contributed by atoms with E-state index in [1.165, 1.54) is 12.1 Å². The van der Waals surface area contributed by atoms with E-state index in [-0.39, 0.29) is 0 Å². The molecule has 0 aliphatic rings. The summed E-state index contributed by atoms with van der Waals surface area (Å²) in [6, 6.07) is 4.85. The van der Waals surface area contributed by atoms with Crippen LogP contribution < -0.4 is 4.18 Å². The summed E-state index contributed by atoms with van der Waals surface area (Å²) < 4.78 is 66.8. The van der Waals surface area contributed by atoms with Crippen molar-refractivity contribution in [1.29, 1.82) is 0 Å². The Kier molecular flexibility index (Phi) is 4.25. The van der Waals surface area contributed by atoms with E-state index in [0.717, 1.165) is 12.1 Å². The Morgan fingerprint density at radius 1 is 1.25 bits per heavy atom. The average Bonchev–Trinajstić information content (AvgIpc) is 2.18. The van der Waals surface area contributed by atoms with Crippen LogP contribution in [0.3, 0.4) is 0 Å². The highest BCUT2D eigenvalue weighted by molar-refractivity contribution is 7.75. The predicted octanol–water partition coefficient (Wildman–Crippen LogP) is 2.36. The van der Waals surface area contributed by atoms with Crippen molar-refractivity contribution in [2.45, 2.75) is 6.18 Å². The van der Waals surface area contributed by atoms with Gasteiger partial charge in [-0.25, -0.2) is 8.57 Å². The van der Waals surface area contributed by atoms with Gasteiger partial charge in [0.1, 0.15) is 0 Å². The maximum absolute atomic E-state index is 12.9. The fourth-order valence-electron chi connectivity index (χ4n) is 0.725. The average molecular weight is 258 g/mol. The van der Waals surface area contributed by atoms with Gasteiger partial charge in [0.15, 0.2) is 18.2 Å². The minimum Gasteiger partial charge on any atom is -0.377 e. The molecule has 0 aliphatic heterocycles. The van der Waals surface area contributed by atoms with Crippen LogP contribution in [0, 0.1) is 5.82 Å². The molecule has 0 fully saturated rings. The maximum Gasteiger partial charge on any atom is 0.413 e. The Hall–Kier alpha value is -1.15. The van der Waals surface area contributed by atoms with Crippen LogP contribution in [0.1, 0.15) is 0 Å². The highest BCUT2D eigenvalue weighted by Gasteiger charge is 2.29. The van der Waals surface area contributed by atoms with Crippen LogP contribution in [-0.2, 0) is 15.5 Å². The molecule has 0 radical (unpaired) electrons. The minimum atomic E-state index is -4.62. The number of benzene rings is 1. The van der Waals surface area contributed by atoms with Crippen LogP contribution in [-0.4, -0.2) is 17.0 Å². The second-order valence-corrected chi connectivity index (χ2v) is 3.41. The van der Waals surface area contributed by atoms with E-state index in [1.807, 2.05) is 0 Å². The first-order valence-electron chi connectivity index (χ1n) is 3.93. The van der Waals surface area contributed by atoms with Crippen molar-refractivity contribution < 1.29 is 30.1 Å². The topological polar surface area (TPSA) is 35.5 Å². The van der Waals surface area contributed by atoms with Crippen LogP contribution >= 0.6 is 0 Å². The van der Waals surface area contributed by atoms with Crippen molar-refractivity contribution in [2.75, 3.05) is 6.61 Å². The minimum absolute atomic E-state index is 0.442. The molecule has 0 aromatic heterocycles. The van der Waals surface area contributed by atoms with E-state index in [9.17, 15) is 21.8 Å². The first kappa shape index (κ1) is 12.9. The molecule has 1 aromatic carbocycles. The van der Waals surface area contributed by atoms with Gasteiger partial charge in [-0.1, -0.05) is 12.1 Å². The Balaban J connectivity index is 2.50. The highest BCUT2D eigenvalue weighted by Crippen LogP contribution is 2.19. The normalized spacial score (nSPS) is 13.5. The number of alkyl halides is 3. The van der Waals surface area contributed by atoms with Gasteiger partial charge >= 0.3 is 17.5 Å². The summed E-state index contributed by atoms with van der Waals surface area (Å²) >= 11 is -2.69. The van der Waals surface area contributed by atoms with Gasteiger partial charge in [-0.05, 0) is 12.1 Å². The zero-order valence-corrected chi connectivity index (χ0v) is 8.48. The molecule has 0 aliphatic carbocycles. The number of hydrogen-bond acceptors (Lipinski definition) is 3. The fraction of sp³-hybridized carbons (Fsp3) is 0.250. The quantitative estimate of drug-likeness (QED) is 0.778. The van der Waals surface area contributed by atoms with E-state index in [1.54, 1.807) is 0 Å². The van der Waals surface area contributed by atoms with Gasteiger partial charge in [-0.3, -0.25) is 0 Å². The number of para-hydroxylation sites is 1. The first-order chi connectivity index (χ1) is 7.38. The summed E-state index contributed by atoms with van der Waals surface area (Å²) in [5.74, 6) is -1.28. The van der Waals surface area contributed by atoms with Gasteiger partial charge in [0.05, 0.1) is 0 Å². The number of halogens is 4. The molecule has 3 nitrogen and oxygen atoms in total. The molecule has 1 aromatic rings. The lowest BCUT2D eigenvalue weighted by Crippen LogP contribution is -2.19. The lowest BCUT2D eigenvalue weighted by molar-refractivity contribution is -0.152. The predicted molar refractivity (Wildman–Crippen MR) is 47.2 cm³/mol. The second-order valence-electron chi connectivity index (χ2n) is 2.60. The van der Waals surface area contributed by atoms with E-state index in [4.69, 9.17) is 0 Å². The Morgan fingerprint density at radius 2 is 1.88 bits per heavy atom. The lowest BCUT2D eigenvalue weighted by Gasteiger charge is -2.07. The molecule has 0 heterocycles. The van der Waals surface area contributed by atoms with Gasteiger partial charge in [-0.15, -0.1) is 0 Å². The molecule has 1 unspecified atom stereocenters. The third kappa shape index (κ3) is 4.58. The van der Waals surface area contributed by atoms with Gasteiger partial charge in [0.2, 0.25) is 0 Å². The second kappa shape index (κ2) is 5.26. The largest absolute Gasteiger partial charge is 0.413 e. The number of rotatable bonds is 4. The molecular weight excluding hydrogens is 252 g/mol. The molecule has 0 spiro atoms. The zero-order valence-electron chi connectivity index (χ0n) is 7.66. The van der Waals surface area contributed by atoms with Crippen molar-refractivity contribution in [1.82, 2.24) is 0 Å². The lowest BCUT2D eigenvalue weighted by atomic mass is 10.3. The van der Waals surface area contributed by atoms with Gasteiger partial charge in [0.25, 0.3) is 0 Å². The van der Waals surface area contributed by atoms with Crippen LogP contribution in [0.2, 0.25) is 0 Å². The molecule has 1 atom stereocenters. The maximum atomic E-state index is 12.9. The van der Waals surface area contributed by atoms with E-state index in [2.05, 4.69) is 8.37 Å². The van der Waals surface area contributed by atoms with Crippen LogP contribution in [0.5, 0.6) is 5.75 Å². The molecule has 0 amide bonds. The highest BCUT2D eigenvalue weighted by atomic mass is 32.2. The smallest absolute Gasteiger partial charge is 0.377 e. The van der Waals surface area contributed by atoms with E-state index in [0.29, 0.717) is 0 Å². The SMILES string of the molecule is O=S(OCC(F)(F)F)Oc1ccccc1F. The standard InChI is InChI=1S/C8H6F4O3S/c9-6-3-1-2-4-7(6)15-16(13)14-5-8(10,11)12/h1-4H,5H2. The third-order valence-corrected chi connectivity index (χ3v) is 1.94. The van der Waals surface area contributed by atoms with Crippen molar-refractivity contribution in [2.24, 2.45) is 0 Å². The van der Waals surface area contributed by atoms with Crippen LogP contribution in [0.4, 0.5) is 17.6 Å². The Labute approximate surface area is 90.8 Å². The zero-order chi connectivity index (χ0) is 12.2. The molecule has 8 heteroatoms. The molecular formula is C8H6F4O3S. The molecule has 0 bridgehead atoms. The molecule has 1 rings (SSSR count). The van der Waals surface area contributed by atoms with Gasteiger partial charge in [0, 0.05) is 0 Å². The fourth-order valence-corrected chi connectivity index (χ4v) is 1.28. The summed E-state index contributed by atoms with van der Waals surface area (Å²) in [4.78, 5) is 0. The third-order valence-electron chi connectivity index (χ3n) is 1.31. The summed E-state index contributed by atoms with van der Waals surface area (Å²) in [5.41, 5.74) is 0. The van der Waals surface area contributed by atoms with E-state index < -0.39 is 35.7 Å². The van der Waals surface area contributed by atoms with Crippen molar-refractivity contribution >= 4 is 11.4 Å². The van der Waals surface area contributed by atoms with Crippen molar-refractivity contribution in [3.05, 3.63) is 30.1 Å². The van der Waals surface area contributed by atoms with Crippen LogP contribution in [0.25, 0.3) is 0 Å². The molecule has 0 N–H and O–H groups in total. The molecule has 0 saturated heterocycles. The van der Waals surface area contributed by atoms with Gasteiger partial charge < -0.3 is 4.18 Å². The molecule has 0 saturated carbocycles. The molecule has 90 valence electrons. The summed E-state index contributed by atoms with van der Waals surface area (Å²) in [6.07, 6.45) is -4.62. The van der Waals surface area contributed by atoms with Crippen LogP contribution in [0.15, 0.2) is 24.3 Å². The Bertz CT molecular complexity index is 380. The number of hydrogen-bond donors (Lipinski definition) is 0. The summed E-state index contributed by atoms with van der Waals surface area (Å²) in [6.45, 7) is -1.73. The first-order valence-corrected chi connectivity index (χ1v) is 4.93. The van der Waals surface area contributed by atoms with Gasteiger partial charge in [-0.2, -0.15) is 17.4 Å². The summed E-state index contributed by atoms with van der Waals surface area (Å²) in [7, 11) is 0.